The van der Waals surface area contributed by atoms with Gasteiger partial charge >= 0.3 is 0 Å². The highest BCUT2D eigenvalue weighted by Gasteiger charge is 2.29. The lowest BCUT2D eigenvalue weighted by Gasteiger charge is -2.33. The van der Waals surface area contributed by atoms with Crippen molar-refractivity contribution < 1.29 is 5.11 Å². The normalized spacial score (nSPS) is 23.7. The van der Waals surface area contributed by atoms with Gasteiger partial charge in [0.05, 0.1) is 6.61 Å². The van der Waals surface area contributed by atoms with E-state index in [-0.39, 0.29) is 12.1 Å². The van der Waals surface area contributed by atoms with Crippen LogP contribution in [-0.2, 0) is 0 Å². The summed E-state index contributed by atoms with van der Waals surface area (Å²) in [6.45, 7) is 16.9. The van der Waals surface area contributed by atoms with Crippen molar-refractivity contribution in [1.29, 1.82) is 0 Å². The molecule has 0 spiro atoms. The molecule has 0 aliphatic carbocycles. The zero-order valence-corrected chi connectivity index (χ0v) is 14.2. The molecule has 2 unspecified atom stereocenters. The van der Waals surface area contributed by atoms with E-state index in [0.29, 0.717) is 6.04 Å². The summed E-state index contributed by atoms with van der Waals surface area (Å²) in [6.07, 6.45) is 2.29. The van der Waals surface area contributed by atoms with Gasteiger partial charge in [-0.2, -0.15) is 0 Å². The Balaban J connectivity index is 2.39. The molecule has 1 saturated heterocycles. The second-order valence-electron chi connectivity index (χ2n) is 6.73. The first-order valence-electron chi connectivity index (χ1n) is 8.29. The summed E-state index contributed by atoms with van der Waals surface area (Å²) in [5, 5.41) is 13.1. The van der Waals surface area contributed by atoms with Crippen molar-refractivity contribution in [3.8, 4) is 0 Å². The maximum atomic E-state index is 9.64. The standard InChI is InChI=1S/C16H35N3O/c1-6-19(7-2)15-8-10-18(12-15)11-9-16(5,13-20)17-14(3)4/h14-15,17,20H,6-13H2,1-5H3. The van der Waals surface area contributed by atoms with Crippen LogP contribution in [0, 0.1) is 0 Å². The van der Waals surface area contributed by atoms with Crippen LogP contribution in [-0.4, -0.2) is 71.9 Å². The van der Waals surface area contributed by atoms with Gasteiger partial charge in [0.15, 0.2) is 0 Å². The number of aliphatic hydroxyl groups is 1. The van der Waals surface area contributed by atoms with Crippen LogP contribution in [0.3, 0.4) is 0 Å². The Morgan fingerprint density at radius 3 is 2.50 bits per heavy atom. The maximum absolute atomic E-state index is 9.64. The van der Waals surface area contributed by atoms with Crippen molar-refractivity contribution in [1.82, 2.24) is 15.1 Å². The van der Waals surface area contributed by atoms with E-state index in [1.807, 2.05) is 0 Å². The minimum Gasteiger partial charge on any atom is -0.394 e. The third-order valence-corrected chi connectivity index (χ3v) is 4.54. The van der Waals surface area contributed by atoms with Gasteiger partial charge in [0, 0.05) is 30.7 Å². The average molecular weight is 285 g/mol. The lowest BCUT2D eigenvalue weighted by molar-refractivity contribution is 0.139. The second-order valence-corrected chi connectivity index (χ2v) is 6.73. The second kappa shape index (κ2) is 8.32. The van der Waals surface area contributed by atoms with Gasteiger partial charge in [-0.1, -0.05) is 27.7 Å². The van der Waals surface area contributed by atoms with E-state index in [2.05, 4.69) is 49.7 Å². The third kappa shape index (κ3) is 5.32. The molecule has 120 valence electrons. The summed E-state index contributed by atoms with van der Waals surface area (Å²) >= 11 is 0. The topological polar surface area (TPSA) is 38.7 Å². The van der Waals surface area contributed by atoms with E-state index in [0.717, 1.165) is 32.1 Å². The van der Waals surface area contributed by atoms with Crippen LogP contribution >= 0.6 is 0 Å². The summed E-state index contributed by atoms with van der Waals surface area (Å²) < 4.78 is 0. The van der Waals surface area contributed by atoms with Crippen LogP contribution in [0.15, 0.2) is 0 Å². The van der Waals surface area contributed by atoms with Crippen molar-refractivity contribution in [2.75, 3.05) is 39.3 Å². The maximum Gasteiger partial charge on any atom is 0.0611 e. The van der Waals surface area contributed by atoms with Gasteiger partial charge in [0.1, 0.15) is 0 Å². The predicted molar refractivity (Wildman–Crippen MR) is 86.1 cm³/mol. The molecule has 0 aromatic carbocycles. The fourth-order valence-electron chi connectivity index (χ4n) is 3.35. The van der Waals surface area contributed by atoms with Gasteiger partial charge < -0.3 is 15.3 Å². The molecule has 0 aromatic rings. The van der Waals surface area contributed by atoms with Crippen LogP contribution in [0.2, 0.25) is 0 Å². The molecule has 1 aliphatic rings. The summed E-state index contributed by atoms with van der Waals surface area (Å²) in [4.78, 5) is 5.12. The first kappa shape index (κ1) is 17.9. The summed E-state index contributed by atoms with van der Waals surface area (Å²) in [5.74, 6) is 0. The quantitative estimate of drug-likeness (QED) is 0.674. The molecule has 20 heavy (non-hydrogen) atoms. The van der Waals surface area contributed by atoms with E-state index in [1.165, 1.54) is 19.5 Å². The highest BCUT2D eigenvalue weighted by atomic mass is 16.3. The fourth-order valence-corrected chi connectivity index (χ4v) is 3.35. The lowest BCUT2D eigenvalue weighted by Crippen LogP contribution is -2.50. The Bertz CT molecular complexity index is 268. The first-order chi connectivity index (χ1) is 9.44. The van der Waals surface area contributed by atoms with Crippen LogP contribution in [0.4, 0.5) is 0 Å². The summed E-state index contributed by atoms with van der Waals surface area (Å²) in [7, 11) is 0. The molecule has 1 rings (SSSR count). The van der Waals surface area contributed by atoms with Crippen LogP contribution < -0.4 is 5.32 Å². The van der Waals surface area contributed by atoms with Crippen molar-refractivity contribution in [3.63, 3.8) is 0 Å². The molecule has 4 heteroatoms. The molecule has 4 nitrogen and oxygen atoms in total. The Labute approximate surface area is 125 Å². The molecule has 1 aliphatic heterocycles. The largest absolute Gasteiger partial charge is 0.394 e. The number of likely N-dealkylation sites (tertiary alicyclic amines) is 1. The van der Waals surface area contributed by atoms with Crippen LogP contribution in [0.1, 0.15) is 47.5 Å². The minimum atomic E-state index is -0.151. The monoisotopic (exact) mass is 285 g/mol. The van der Waals surface area contributed by atoms with Gasteiger partial charge in [-0.15, -0.1) is 0 Å². The average Bonchev–Trinajstić information content (AvgIpc) is 2.86. The molecule has 0 radical (unpaired) electrons. The van der Waals surface area contributed by atoms with Crippen LogP contribution in [0.5, 0.6) is 0 Å². The van der Waals surface area contributed by atoms with Crippen molar-refractivity contribution in [3.05, 3.63) is 0 Å². The number of likely N-dealkylation sites (N-methyl/N-ethyl adjacent to an activating group) is 1. The predicted octanol–water partition coefficient (Wildman–Crippen LogP) is 1.54. The Kier molecular flexibility index (Phi) is 7.45. The Morgan fingerprint density at radius 2 is 2.00 bits per heavy atom. The summed E-state index contributed by atoms with van der Waals surface area (Å²) in [5.41, 5.74) is -0.151. The number of hydrogen-bond acceptors (Lipinski definition) is 4. The van der Waals surface area contributed by atoms with Crippen molar-refractivity contribution in [2.45, 2.75) is 65.1 Å². The Hall–Kier alpha value is -0.160. The fraction of sp³-hybridized carbons (Fsp3) is 1.00. The van der Waals surface area contributed by atoms with E-state index in [1.54, 1.807) is 0 Å². The molecular weight excluding hydrogens is 250 g/mol. The molecule has 2 N–H and O–H groups in total. The first-order valence-corrected chi connectivity index (χ1v) is 8.29. The lowest BCUT2D eigenvalue weighted by atomic mass is 9.97. The zero-order chi connectivity index (χ0) is 15.2. The number of nitrogens with zero attached hydrogens (tertiary/aromatic N) is 2. The molecule has 0 amide bonds. The van der Waals surface area contributed by atoms with Gasteiger partial charge in [-0.25, -0.2) is 0 Å². The molecule has 0 bridgehead atoms. The van der Waals surface area contributed by atoms with Crippen molar-refractivity contribution in [2.24, 2.45) is 0 Å². The third-order valence-electron chi connectivity index (χ3n) is 4.54. The molecule has 0 saturated carbocycles. The zero-order valence-electron chi connectivity index (χ0n) is 14.2. The molecule has 1 fully saturated rings. The SMILES string of the molecule is CCN(CC)C1CCN(CCC(C)(CO)NC(C)C)C1. The van der Waals surface area contributed by atoms with E-state index in [4.69, 9.17) is 0 Å². The van der Waals surface area contributed by atoms with Gasteiger partial charge in [0.2, 0.25) is 0 Å². The number of nitrogens with one attached hydrogen (secondary N) is 1. The van der Waals surface area contributed by atoms with Gasteiger partial charge in [-0.3, -0.25) is 4.90 Å². The highest BCUT2D eigenvalue weighted by Crippen LogP contribution is 2.18. The smallest absolute Gasteiger partial charge is 0.0611 e. The molecule has 2 atom stereocenters. The van der Waals surface area contributed by atoms with Gasteiger partial charge in [0.25, 0.3) is 0 Å². The Morgan fingerprint density at radius 1 is 1.35 bits per heavy atom. The van der Waals surface area contributed by atoms with E-state index < -0.39 is 0 Å². The summed E-state index contributed by atoms with van der Waals surface area (Å²) in [6, 6.07) is 1.14. The number of hydrogen-bond donors (Lipinski definition) is 2. The van der Waals surface area contributed by atoms with Gasteiger partial charge in [-0.05, 0) is 39.4 Å². The van der Waals surface area contributed by atoms with E-state index in [9.17, 15) is 5.11 Å². The molecular formula is C16H35N3O. The molecule has 0 aromatic heterocycles. The van der Waals surface area contributed by atoms with Crippen LogP contribution in [0.25, 0.3) is 0 Å². The highest BCUT2D eigenvalue weighted by molar-refractivity contribution is 4.88. The molecule has 1 heterocycles. The van der Waals surface area contributed by atoms with Crippen molar-refractivity contribution >= 4 is 0 Å². The van der Waals surface area contributed by atoms with E-state index >= 15 is 0 Å². The number of rotatable bonds is 9. The number of aliphatic hydroxyl groups excluding tert-OH is 1. The minimum absolute atomic E-state index is 0.151.